The van der Waals surface area contributed by atoms with Crippen molar-refractivity contribution in [2.45, 2.75) is 6.92 Å². The lowest BCUT2D eigenvalue weighted by Crippen LogP contribution is -2.20. The standard InChI is InChI=1S/C20H15Cl2N3O2S/c1-11-17(20(27)25(24(11)2)13-6-4-3-5-7-13)23-19-16(22)18(26)14-9-8-12(21)10-15(14)28-19/h3-10,23H,1-2H3. The molecular weight excluding hydrogens is 417 g/mol. The fraction of sp³-hybridized carbons (Fsp3) is 0.100. The minimum absolute atomic E-state index is 0.0498. The van der Waals surface area contributed by atoms with Gasteiger partial charge in [-0.1, -0.05) is 41.4 Å². The lowest BCUT2D eigenvalue weighted by molar-refractivity contribution is 0.630. The molecule has 2 heterocycles. The Kier molecular flexibility index (Phi) is 4.79. The van der Waals surface area contributed by atoms with Gasteiger partial charge in [0.2, 0.25) is 5.43 Å². The molecule has 28 heavy (non-hydrogen) atoms. The molecule has 0 radical (unpaired) electrons. The number of hydrogen-bond acceptors (Lipinski definition) is 4. The van der Waals surface area contributed by atoms with E-state index in [1.54, 1.807) is 34.6 Å². The van der Waals surface area contributed by atoms with Crippen LogP contribution in [0.15, 0.2) is 58.1 Å². The van der Waals surface area contributed by atoms with Gasteiger partial charge in [0.1, 0.15) is 15.7 Å². The van der Waals surface area contributed by atoms with Gasteiger partial charge in [0, 0.05) is 22.2 Å². The third kappa shape index (κ3) is 3.03. The highest BCUT2D eigenvalue weighted by Gasteiger charge is 2.19. The van der Waals surface area contributed by atoms with E-state index in [0.29, 0.717) is 25.8 Å². The molecule has 0 aliphatic heterocycles. The Labute approximate surface area is 174 Å². The summed E-state index contributed by atoms with van der Waals surface area (Å²) in [5.74, 6) is 0. The summed E-state index contributed by atoms with van der Waals surface area (Å²) < 4.78 is 4.02. The minimum Gasteiger partial charge on any atom is -0.340 e. The van der Waals surface area contributed by atoms with Gasteiger partial charge in [0.15, 0.2) is 0 Å². The first-order valence-electron chi connectivity index (χ1n) is 8.41. The van der Waals surface area contributed by atoms with E-state index < -0.39 is 0 Å². The van der Waals surface area contributed by atoms with Crippen molar-refractivity contribution in [3.63, 3.8) is 0 Å². The van der Waals surface area contributed by atoms with E-state index in [-0.39, 0.29) is 16.0 Å². The number of fused-ring (bicyclic) bond motifs is 1. The Balaban J connectivity index is 1.88. The molecule has 0 saturated carbocycles. The van der Waals surface area contributed by atoms with Gasteiger partial charge in [-0.15, -0.1) is 11.3 Å². The van der Waals surface area contributed by atoms with Gasteiger partial charge in [-0.05, 0) is 37.3 Å². The van der Waals surface area contributed by atoms with Gasteiger partial charge in [-0.25, -0.2) is 4.68 Å². The quantitative estimate of drug-likeness (QED) is 0.490. The maximum absolute atomic E-state index is 13.1. The van der Waals surface area contributed by atoms with Crippen molar-refractivity contribution in [3.05, 3.63) is 84.8 Å². The fourth-order valence-electron chi connectivity index (χ4n) is 3.05. The van der Waals surface area contributed by atoms with Crippen LogP contribution >= 0.6 is 34.5 Å². The van der Waals surface area contributed by atoms with Crippen LogP contribution in [-0.2, 0) is 7.05 Å². The second kappa shape index (κ2) is 7.13. The molecule has 4 rings (SSSR count). The Morgan fingerprint density at radius 3 is 2.46 bits per heavy atom. The molecule has 0 bridgehead atoms. The molecule has 0 aliphatic carbocycles. The first kappa shape index (κ1) is 18.8. The van der Waals surface area contributed by atoms with Crippen LogP contribution in [0.3, 0.4) is 0 Å². The summed E-state index contributed by atoms with van der Waals surface area (Å²) in [6.07, 6.45) is 0. The van der Waals surface area contributed by atoms with Crippen molar-refractivity contribution < 1.29 is 0 Å². The molecule has 4 aromatic rings. The average molecular weight is 432 g/mol. The summed E-state index contributed by atoms with van der Waals surface area (Å²) in [5.41, 5.74) is 1.30. The van der Waals surface area contributed by atoms with Crippen molar-refractivity contribution in [1.82, 2.24) is 9.36 Å². The lowest BCUT2D eigenvalue weighted by Gasteiger charge is -2.08. The Morgan fingerprint density at radius 1 is 1.04 bits per heavy atom. The van der Waals surface area contributed by atoms with Gasteiger partial charge in [0.05, 0.1) is 11.4 Å². The summed E-state index contributed by atoms with van der Waals surface area (Å²) in [4.78, 5) is 25.7. The highest BCUT2D eigenvalue weighted by Crippen LogP contribution is 2.33. The predicted molar refractivity (Wildman–Crippen MR) is 117 cm³/mol. The van der Waals surface area contributed by atoms with Crippen LogP contribution in [-0.4, -0.2) is 9.36 Å². The Morgan fingerprint density at radius 2 is 1.75 bits per heavy atom. The first-order chi connectivity index (χ1) is 13.4. The molecule has 8 heteroatoms. The topological polar surface area (TPSA) is 56.0 Å². The molecule has 0 aliphatic rings. The van der Waals surface area contributed by atoms with E-state index in [0.717, 1.165) is 11.4 Å². The number of hydrogen-bond donors (Lipinski definition) is 1. The molecule has 2 aromatic carbocycles. The van der Waals surface area contributed by atoms with Crippen LogP contribution in [0.4, 0.5) is 10.7 Å². The maximum atomic E-state index is 13.1. The maximum Gasteiger partial charge on any atom is 0.295 e. The van der Waals surface area contributed by atoms with Gasteiger partial charge in [-0.2, -0.15) is 0 Å². The van der Waals surface area contributed by atoms with Crippen molar-refractivity contribution in [2.24, 2.45) is 7.05 Å². The summed E-state index contributed by atoms with van der Waals surface area (Å²) in [6, 6.07) is 14.4. The van der Waals surface area contributed by atoms with E-state index in [4.69, 9.17) is 23.2 Å². The second-order valence-corrected chi connectivity index (χ2v) is 8.14. The summed E-state index contributed by atoms with van der Waals surface area (Å²) >= 11 is 13.7. The minimum atomic E-state index is -0.299. The predicted octanol–water partition coefficient (Wildman–Crippen LogP) is 5.11. The molecule has 0 saturated heterocycles. The van der Waals surface area contributed by atoms with E-state index in [2.05, 4.69) is 5.32 Å². The van der Waals surface area contributed by atoms with Gasteiger partial charge in [0.25, 0.3) is 5.56 Å². The fourth-order valence-corrected chi connectivity index (χ4v) is 4.56. The first-order valence-corrected chi connectivity index (χ1v) is 9.98. The van der Waals surface area contributed by atoms with E-state index in [9.17, 15) is 9.59 Å². The Bertz CT molecular complexity index is 1320. The molecule has 0 atom stereocenters. The van der Waals surface area contributed by atoms with Crippen LogP contribution < -0.4 is 16.3 Å². The molecule has 0 spiro atoms. The summed E-state index contributed by atoms with van der Waals surface area (Å²) in [7, 11) is 1.80. The molecule has 142 valence electrons. The summed E-state index contributed by atoms with van der Waals surface area (Å²) in [5, 5.41) is 4.56. The van der Waals surface area contributed by atoms with Crippen molar-refractivity contribution in [3.8, 4) is 5.69 Å². The van der Waals surface area contributed by atoms with Gasteiger partial charge >= 0.3 is 0 Å². The van der Waals surface area contributed by atoms with Gasteiger partial charge < -0.3 is 5.32 Å². The molecular formula is C20H15Cl2N3O2S. The molecule has 1 N–H and O–H groups in total. The molecule has 5 nitrogen and oxygen atoms in total. The van der Waals surface area contributed by atoms with Crippen LogP contribution in [0, 0.1) is 6.92 Å². The molecule has 0 unspecified atom stereocenters. The molecule has 2 aromatic heterocycles. The second-order valence-electron chi connectivity index (χ2n) is 6.28. The number of nitrogens with one attached hydrogen (secondary N) is 1. The number of anilines is 2. The van der Waals surface area contributed by atoms with Crippen molar-refractivity contribution in [1.29, 1.82) is 0 Å². The zero-order valence-electron chi connectivity index (χ0n) is 15.0. The lowest BCUT2D eigenvalue weighted by atomic mass is 10.2. The van der Waals surface area contributed by atoms with Crippen LogP contribution in [0.5, 0.6) is 0 Å². The van der Waals surface area contributed by atoms with Crippen LogP contribution in [0.1, 0.15) is 5.69 Å². The number of para-hydroxylation sites is 1. The highest BCUT2D eigenvalue weighted by atomic mass is 35.5. The molecule has 0 amide bonds. The van der Waals surface area contributed by atoms with Crippen LogP contribution in [0.25, 0.3) is 15.8 Å². The number of halogens is 2. The van der Waals surface area contributed by atoms with E-state index in [1.807, 2.05) is 37.3 Å². The highest BCUT2D eigenvalue weighted by molar-refractivity contribution is 7.22. The normalized spacial score (nSPS) is 11.1. The zero-order chi connectivity index (χ0) is 20.0. The number of nitrogens with zero attached hydrogens (tertiary/aromatic N) is 2. The van der Waals surface area contributed by atoms with Crippen molar-refractivity contribution in [2.75, 3.05) is 5.32 Å². The third-order valence-electron chi connectivity index (χ3n) is 4.59. The van der Waals surface area contributed by atoms with E-state index in [1.165, 1.54) is 11.3 Å². The monoisotopic (exact) mass is 431 g/mol. The number of aromatic nitrogens is 2. The van der Waals surface area contributed by atoms with E-state index >= 15 is 0 Å². The number of rotatable bonds is 3. The zero-order valence-corrected chi connectivity index (χ0v) is 17.3. The Hall–Kier alpha value is -2.54. The number of benzene rings is 2. The van der Waals surface area contributed by atoms with Crippen molar-refractivity contribution >= 4 is 55.3 Å². The SMILES string of the molecule is Cc1c(Nc2sc3cc(Cl)ccc3c(=O)c2Cl)c(=O)n(-c2ccccc2)n1C. The van der Waals surface area contributed by atoms with Crippen LogP contribution in [0.2, 0.25) is 10.0 Å². The molecule has 0 fully saturated rings. The third-order valence-corrected chi connectivity index (χ3v) is 6.37. The smallest absolute Gasteiger partial charge is 0.295 e. The average Bonchev–Trinajstić information content (AvgIpc) is 2.89. The summed E-state index contributed by atoms with van der Waals surface area (Å²) in [6.45, 7) is 1.83. The van der Waals surface area contributed by atoms with Gasteiger partial charge in [-0.3, -0.25) is 14.3 Å². The largest absolute Gasteiger partial charge is 0.340 e.